The van der Waals surface area contributed by atoms with Gasteiger partial charge in [-0.25, -0.2) is 13.1 Å². The molecule has 5 nitrogen and oxygen atoms in total. The Labute approximate surface area is 127 Å². The van der Waals surface area contributed by atoms with E-state index in [-0.39, 0.29) is 5.75 Å². The monoisotopic (exact) mass is 314 g/mol. The Morgan fingerprint density at radius 1 is 1.10 bits per heavy atom. The van der Waals surface area contributed by atoms with Crippen LogP contribution >= 0.6 is 0 Å². The highest BCUT2D eigenvalue weighted by Gasteiger charge is 2.27. The second-order valence-electron chi connectivity index (χ2n) is 6.05. The Balaban J connectivity index is 2.13. The third-order valence-corrected chi connectivity index (χ3v) is 5.32. The molecule has 0 saturated carbocycles. The van der Waals surface area contributed by atoms with Gasteiger partial charge in [0.2, 0.25) is 10.0 Å². The van der Waals surface area contributed by atoms with E-state index in [2.05, 4.69) is 10.0 Å². The average molecular weight is 314 g/mol. The maximum atomic E-state index is 11.8. The minimum absolute atomic E-state index is 0.247. The average Bonchev–Trinajstić information content (AvgIpc) is 2.36. The van der Waals surface area contributed by atoms with Crippen molar-refractivity contribution in [1.29, 1.82) is 0 Å². The van der Waals surface area contributed by atoms with Crippen LogP contribution < -0.4 is 10.0 Å². The van der Waals surface area contributed by atoms with Crippen molar-refractivity contribution in [3.63, 3.8) is 0 Å². The predicted molar refractivity (Wildman–Crippen MR) is 87.1 cm³/mol. The predicted octanol–water partition coefficient (Wildman–Crippen LogP) is 2.69. The molecule has 0 fully saturated rings. The van der Waals surface area contributed by atoms with E-state index in [1.54, 1.807) is 39.0 Å². The van der Waals surface area contributed by atoms with Crippen LogP contribution in [0.3, 0.4) is 0 Å². The highest BCUT2D eigenvalue weighted by molar-refractivity contribution is 7.90. The van der Waals surface area contributed by atoms with Crippen LogP contribution in [0.4, 0.5) is 5.69 Å². The molecule has 6 heteroatoms. The summed E-state index contributed by atoms with van der Waals surface area (Å²) in [6, 6.07) is 7.00. The molecule has 0 atom stereocenters. The van der Waals surface area contributed by atoms with Gasteiger partial charge in [0.25, 0.3) is 0 Å². The molecule has 0 unspecified atom stereocenters. The molecule has 0 saturated heterocycles. The number of unbranched alkanes of at least 4 members (excludes halogenated alkanes) is 2. The Kier molecular flexibility index (Phi) is 6.48. The van der Waals surface area contributed by atoms with Crippen molar-refractivity contribution in [3.05, 3.63) is 24.3 Å². The molecule has 0 amide bonds. The smallest absolute Gasteiger partial charge is 0.216 e. The van der Waals surface area contributed by atoms with E-state index in [1.807, 2.05) is 6.07 Å². The van der Waals surface area contributed by atoms with Crippen LogP contribution in [-0.4, -0.2) is 31.4 Å². The molecule has 0 bridgehead atoms. The van der Waals surface area contributed by atoms with Crippen LogP contribution in [0.2, 0.25) is 0 Å². The Morgan fingerprint density at radius 2 is 1.76 bits per heavy atom. The molecule has 0 heterocycles. The summed E-state index contributed by atoms with van der Waals surface area (Å²) in [5.41, 5.74) is 0.892. The lowest BCUT2D eigenvalue weighted by atomic mass is 10.2. The number of hydrogen-bond acceptors (Lipinski definition) is 4. The number of aromatic hydroxyl groups is 1. The maximum Gasteiger partial charge on any atom is 0.216 e. The molecule has 0 radical (unpaired) electrons. The molecule has 0 aliphatic heterocycles. The summed E-state index contributed by atoms with van der Waals surface area (Å²) in [6.07, 6.45) is 2.71. The summed E-state index contributed by atoms with van der Waals surface area (Å²) in [5.74, 6) is 0.247. The van der Waals surface area contributed by atoms with E-state index in [9.17, 15) is 13.5 Å². The fraction of sp³-hybridized carbons (Fsp3) is 0.600. The molecule has 0 aliphatic rings. The van der Waals surface area contributed by atoms with Crippen LogP contribution in [0.25, 0.3) is 0 Å². The van der Waals surface area contributed by atoms with E-state index in [1.165, 1.54) is 0 Å². The third-order valence-electron chi connectivity index (χ3n) is 3.13. The molecule has 3 N–H and O–H groups in total. The maximum absolute atomic E-state index is 11.8. The molecule has 21 heavy (non-hydrogen) atoms. The van der Waals surface area contributed by atoms with E-state index >= 15 is 0 Å². The van der Waals surface area contributed by atoms with Gasteiger partial charge in [0, 0.05) is 24.8 Å². The molecule has 1 rings (SSSR count). The van der Waals surface area contributed by atoms with Gasteiger partial charge in [-0.1, -0.05) is 12.5 Å². The van der Waals surface area contributed by atoms with Gasteiger partial charge in [-0.05, 0) is 45.7 Å². The first-order chi connectivity index (χ1) is 9.72. The fourth-order valence-electron chi connectivity index (χ4n) is 1.70. The normalized spacial score (nSPS) is 12.3. The van der Waals surface area contributed by atoms with Crippen LogP contribution in [-0.2, 0) is 10.0 Å². The van der Waals surface area contributed by atoms with Crippen LogP contribution in [0.15, 0.2) is 24.3 Å². The zero-order valence-corrected chi connectivity index (χ0v) is 13.8. The Bertz CT molecular complexity index is 536. The molecule has 0 spiro atoms. The lowest BCUT2D eigenvalue weighted by Crippen LogP contribution is -2.39. The summed E-state index contributed by atoms with van der Waals surface area (Å²) in [5, 5.41) is 12.5. The van der Waals surface area contributed by atoms with Crippen molar-refractivity contribution in [2.45, 2.75) is 44.8 Å². The van der Waals surface area contributed by atoms with Crippen molar-refractivity contribution in [2.75, 3.05) is 18.4 Å². The number of sulfonamides is 1. The highest BCUT2D eigenvalue weighted by atomic mass is 32.2. The quantitative estimate of drug-likeness (QED) is 0.645. The first-order valence-corrected chi connectivity index (χ1v) is 8.73. The Morgan fingerprint density at radius 3 is 2.38 bits per heavy atom. The number of anilines is 1. The van der Waals surface area contributed by atoms with E-state index in [0.29, 0.717) is 6.54 Å². The van der Waals surface area contributed by atoms with Gasteiger partial charge in [0.1, 0.15) is 5.75 Å². The number of rotatable bonds is 8. The van der Waals surface area contributed by atoms with Gasteiger partial charge in [-0.2, -0.15) is 0 Å². The number of benzene rings is 1. The number of phenols is 1. The van der Waals surface area contributed by atoms with Crippen molar-refractivity contribution in [3.8, 4) is 5.75 Å². The lowest BCUT2D eigenvalue weighted by molar-refractivity contribution is 0.475. The zero-order valence-electron chi connectivity index (χ0n) is 13.0. The largest absolute Gasteiger partial charge is 0.508 e. The van der Waals surface area contributed by atoms with Crippen molar-refractivity contribution >= 4 is 15.7 Å². The van der Waals surface area contributed by atoms with Gasteiger partial charge >= 0.3 is 0 Å². The van der Waals surface area contributed by atoms with E-state index in [4.69, 9.17) is 0 Å². The molecule has 120 valence electrons. The van der Waals surface area contributed by atoms with Crippen molar-refractivity contribution < 1.29 is 13.5 Å². The minimum atomic E-state index is -3.23. The minimum Gasteiger partial charge on any atom is -0.508 e. The summed E-state index contributed by atoms with van der Waals surface area (Å²) < 4.78 is 25.5. The SMILES string of the molecule is CC(C)(C)S(=O)(=O)NCCCCCNc1cccc(O)c1. The summed E-state index contributed by atoms with van der Waals surface area (Å²) in [6.45, 7) is 6.35. The van der Waals surface area contributed by atoms with Crippen molar-refractivity contribution in [1.82, 2.24) is 4.72 Å². The van der Waals surface area contributed by atoms with E-state index in [0.717, 1.165) is 31.5 Å². The molecule has 1 aromatic rings. The zero-order chi connectivity index (χ0) is 15.9. The highest BCUT2D eigenvalue weighted by Crippen LogP contribution is 2.15. The third kappa shape index (κ3) is 6.35. The topological polar surface area (TPSA) is 78.4 Å². The Hall–Kier alpha value is -1.27. The van der Waals surface area contributed by atoms with Crippen molar-refractivity contribution in [2.24, 2.45) is 0 Å². The van der Waals surface area contributed by atoms with Gasteiger partial charge in [-0.15, -0.1) is 0 Å². The second kappa shape index (κ2) is 7.66. The number of phenolic OH excluding ortho intramolecular Hbond substituents is 1. The summed E-state index contributed by atoms with van der Waals surface area (Å²) in [4.78, 5) is 0. The summed E-state index contributed by atoms with van der Waals surface area (Å²) >= 11 is 0. The summed E-state index contributed by atoms with van der Waals surface area (Å²) in [7, 11) is -3.23. The fourth-order valence-corrected chi connectivity index (χ4v) is 2.54. The lowest BCUT2D eigenvalue weighted by Gasteiger charge is -2.19. The molecular formula is C15H26N2O3S. The van der Waals surface area contributed by atoms with Gasteiger partial charge in [0.15, 0.2) is 0 Å². The van der Waals surface area contributed by atoms with Crippen LogP contribution in [0, 0.1) is 0 Å². The van der Waals surface area contributed by atoms with E-state index < -0.39 is 14.8 Å². The van der Waals surface area contributed by atoms with Gasteiger partial charge < -0.3 is 10.4 Å². The molecule has 1 aromatic carbocycles. The molecule has 0 aliphatic carbocycles. The number of nitrogens with one attached hydrogen (secondary N) is 2. The number of hydrogen-bond donors (Lipinski definition) is 3. The standard InChI is InChI=1S/C15H26N2O3S/c1-15(2,3)21(19,20)17-11-6-4-5-10-16-13-8-7-9-14(18)12-13/h7-9,12,16-18H,4-6,10-11H2,1-3H3. The first-order valence-electron chi connectivity index (χ1n) is 7.24. The van der Waals surface area contributed by atoms with Gasteiger partial charge in [0.05, 0.1) is 4.75 Å². The first kappa shape index (κ1) is 17.8. The van der Waals surface area contributed by atoms with Crippen LogP contribution in [0.5, 0.6) is 5.75 Å². The molecule has 0 aromatic heterocycles. The van der Waals surface area contributed by atoms with Gasteiger partial charge in [-0.3, -0.25) is 0 Å². The molecular weight excluding hydrogens is 288 g/mol. The van der Waals surface area contributed by atoms with Crippen LogP contribution in [0.1, 0.15) is 40.0 Å². The second-order valence-corrected chi connectivity index (χ2v) is 8.57.